The molecule has 3 aromatic rings. The molecule has 0 radical (unpaired) electrons. The van der Waals surface area contributed by atoms with E-state index in [9.17, 15) is 4.79 Å². The van der Waals surface area contributed by atoms with E-state index in [1.54, 1.807) is 6.92 Å². The lowest BCUT2D eigenvalue weighted by molar-refractivity contribution is -0.143. The zero-order valence-electron chi connectivity index (χ0n) is 21.2. The molecule has 0 amide bonds. The van der Waals surface area contributed by atoms with Gasteiger partial charge in [-0.05, 0) is 34.7 Å². The number of ether oxygens (including phenoxy) is 2. The summed E-state index contributed by atoms with van der Waals surface area (Å²) in [7, 11) is -3.88. The lowest BCUT2D eigenvalue weighted by Gasteiger charge is -2.40. The third kappa shape index (κ3) is 6.68. The van der Waals surface area contributed by atoms with Crippen molar-refractivity contribution in [1.82, 2.24) is 0 Å². The summed E-state index contributed by atoms with van der Waals surface area (Å²) in [4.78, 5) is 12.8. The fourth-order valence-electron chi connectivity index (χ4n) is 4.99. The number of carbonyl (C=O) groups is 1. The van der Waals surface area contributed by atoms with E-state index in [0.29, 0.717) is 17.0 Å². The second-order valence-electron chi connectivity index (χ2n) is 9.42. The lowest BCUT2D eigenvalue weighted by atomic mass is 9.90. The average Bonchev–Trinajstić information content (AvgIpc) is 2.88. The predicted molar refractivity (Wildman–Crippen MR) is 143 cm³/mol. The van der Waals surface area contributed by atoms with Crippen molar-refractivity contribution in [2.24, 2.45) is 11.8 Å². The Morgan fingerprint density at radius 1 is 0.829 bits per heavy atom. The Bertz CT molecular complexity index is 988. The van der Waals surface area contributed by atoms with Crippen molar-refractivity contribution in [1.29, 1.82) is 0 Å². The number of halogens is 1. The van der Waals surface area contributed by atoms with E-state index in [-0.39, 0.29) is 36.9 Å². The van der Waals surface area contributed by atoms with Crippen molar-refractivity contribution in [3.63, 3.8) is 0 Å². The van der Waals surface area contributed by atoms with Gasteiger partial charge in [-0.25, -0.2) is 0 Å². The van der Waals surface area contributed by atoms with Crippen LogP contribution in [0.4, 0.5) is 4.11 Å². The van der Waals surface area contributed by atoms with Crippen LogP contribution in [-0.2, 0) is 20.9 Å². The largest absolute Gasteiger partial charge is 0.466 e. The van der Waals surface area contributed by atoms with Crippen molar-refractivity contribution in [2.45, 2.75) is 52.4 Å². The van der Waals surface area contributed by atoms with Gasteiger partial charge in [0.15, 0.2) is 0 Å². The highest BCUT2D eigenvalue weighted by Gasteiger charge is 2.52. The molecule has 0 aliphatic rings. The Kier molecular flexibility index (Phi) is 9.81. The molecule has 35 heavy (non-hydrogen) atoms. The highest BCUT2D eigenvalue weighted by atomic mass is 28.4. The molecular formula is C30H37FO3Si. The number of hydrogen-bond donors (Lipinski definition) is 0. The highest BCUT2D eigenvalue weighted by molar-refractivity contribution is 6.98. The molecule has 0 heterocycles. The Morgan fingerprint density at radius 2 is 1.31 bits per heavy atom. The average molecular weight is 493 g/mol. The molecule has 5 heteroatoms. The summed E-state index contributed by atoms with van der Waals surface area (Å²) >= 11 is 0. The molecule has 0 aliphatic heterocycles. The first kappa shape index (κ1) is 26.8. The molecule has 0 aliphatic carbocycles. The van der Waals surface area contributed by atoms with Crippen LogP contribution in [0.5, 0.6) is 0 Å². The van der Waals surface area contributed by atoms with Crippen LogP contribution in [0.25, 0.3) is 0 Å². The maximum Gasteiger partial charge on any atom is 0.312 e. The predicted octanol–water partition coefficient (Wildman–Crippen LogP) is 5.92. The maximum absolute atomic E-state index is 17.8. The van der Waals surface area contributed by atoms with Crippen LogP contribution in [0.15, 0.2) is 91.0 Å². The Hall–Kier alpha value is -2.76. The van der Waals surface area contributed by atoms with E-state index in [1.807, 2.05) is 97.9 Å². The van der Waals surface area contributed by atoms with Gasteiger partial charge >= 0.3 is 14.4 Å². The molecule has 0 bridgehead atoms. The van der Waals surface area contributed by atoms with E-state index in [0.717, 1.165) is 5.56 Å². The first-order valence-electron chi connectivity index (χ1n) is 12.5. The van der Waals surface area contributed by atoms with Crippen LogP contribution in [0.3, 0.4) is 0 Å². The van der Waals surface area contributed by atoms with Crippen molar-refractivity contribution < 1.29 is 18.4 Å². The summed E-state index contributed by atoms with van der Waals surface area (Å²) in [6.07, 6.45) is -0.218. The zero-order valence-corrected chi connectivity index (χ0v) is 22.2. The lowest BCUT2D eigenvalue weighted by Crippen LogP contribution is -2.61. The fourth-order valence-corrected chi connectivity index (χ4v) is 8.90. The van der Waals surface area contributed by atoms with Gasteiger partial charge in [-0.15, -0.1) is 0 Å². The molecule has 0 saturated carbocycles. The molecule has 0 fully saturated rings. The van der Waals surface area contributed by atoms with Gasteiger partial charge in [-0.3, -0.25) is 4.79 Å². The van der Waals surface area contributed by atoms with Crippen LogP contribution in [-0.4, -0.2) is 27.1 Å². The van der Waals surface area contributed by atoms with Gasteiger partial charge in [0.25, 0.3) is 0 Å². The monoisotopic (exact) mass is 492 g/mol. The summed E-state index contributed by atoms with van der Waals surface area (Å²) in [6, 6.07) is 28.7. The van der Waals surface area contributed by atoms with Crippen molar-refractivity contribution >= 4 is 24.8 Å². The number of hydrogen-bond acceptors (Lipinski definition) is 3. The van der Waals surface area contributed by atoms with Crippen LogP contribution >= 0.6 is 0 Å². The molecule has 3 aromatic carbocycles. The van der Waals surface area contributed by atoms with E-state index in [1.165, 1.54) is 0 Å². The van der Waals surface area contributed by atoms with E-state index >= 15 is 4.11 Å². The van der Waals surface area contributed by atoms with Crippen LogP contribution in [0.1, 0.15) is 39.7 Å². The topological polar surface area (TPSA) is 35.5 Å². The normalized spacial score (nSPS) is 14.3. The third-order valence-electron chi connectivity index (χ3n) is 6.69. The van der Waals surface area contributed by atoms with Gasteiger partial charge < -0.3 is 13.6 Å². The summed E-state index contributed by atoms with van der Waals surface area (Å²) < 4.78 is 29.6. The minimum Gasteiger partial charge on any atom is -0.466 e. The SMILES string of the molecule is CCOC(=O)C[C@H]([C@@H](C)[C@H](OCc1ccccc1)C(C)C)[Si](F)(c1ccccc1)c1ccccc1. The van der Waals surface area contributed by atoms with E-state index < -0.39 is 13.9 Å². The number of carbonyl (C=O) groups excluding carboxylic acids is 1. The second-order valence-corrected chi connectivity index (χ2v) is 12.7. The van der Waals surface area contributed by atoms with Gasteiger partial charge in [0, 0.05) is 12.0 Å². The van der Waals surface area contributed by atoms with Gasteiger partial charge in [-0.2, -0.15) is 0 Å². The van der Waals surface area contributed by atoms with E-state index in [4.69, 9.17) is 9.47 Å². The fraction of sp³-hybridized carbons (Fsp3) is 0.367. The van der Waals surface area contributed by atoms with Crippen molar-refractivity contribution in [3.8, 4) is 0 Å². The van der Waals surface area contributed by atoms with Crippen molar-refractivity contribution in [3.05, 3.63) is 96.6 Å². The zero-order chi connectivity index (χ0) is 25.3. The molecule has 0 unspecified atom stereocenters. The molecule has 0 saturated heterocycles. The Balaban J connectivity index is 2.05. The van der Waals surface area contributed by atoms with Crippen LogP contribution in [0.2, 0.25) is 5.54 Å². The minimum absolute atomic E-state index is 0.0133. The molecule has 3 atom stereocenters. The molecule has 186 valence electrons. The van der Waals surface area contributed by atoms with Crippen LogP contribution in [0, 0.1) is 11.8 Å². The molecule has 0 N–H and O–H groups in total. The number of benzene rings is 3. The minimum atomic E-state index is -3.88. The molecule has 0 aromatic heterocycles. The quantitative estimate of drug-likeness (QED) is 0.179. The first-order chi connectivity index (χ1) is 16.9. The number of esters is 1. The second kappa shape index (κ2) is 12.8. The van der Waals surface area contributed by atoms with Crippen LogP contribution < -0.4 is 10.4 Å². The van der Waals surface area contributed by atoms with Gasteiger partial charge in [-0.1, -0.05) is 112 Å². The summed E-state index contributed by atoms with van der Waals surface area (Å²) in [5, 5.41) is 1.33. The van der Waals surface area contributed by atoms with Gasteiger partial charge in [0.1, 0.15) is 0 Å². The highest BCUT2D eigenvalue weighted by Crippen LogP contribution is 2.39. The van der Waals surface area contributed by atoms with Crippen molar-refractivity contribution in [2.75, 3.05) is 6.61 Å². The summed E-state index contributed by atoms with van der Waals surface area (Å²) in [6.45, 7) is 8.73. The van der Waals surface area contributed by atoms with Gasteiger partial charge in [0.2, 0.25) is 0 Å². The maximum atomic E-state index is 17.8. The standard InChI is InChI=1S/C30H37FO3Si/c1-5-33-29(32)21-28(24(4)30(23(2)3)34-22-25-15-9-6-10-16-25)35(31,26-17-11-7-12-18-26)27-19-13-8-14-20-27/h6-20,23-24,28,30H,5,21-22H2,1-4H3/t24-,28-,30-/m1/s1. The molecule has 3 nitrogen and oxygen atoms in total. The summed E-state index contributed by atoms with van der Waals surface area (Å²) in [5.74, 6) is -0.445. The first-order valence-corrected chi connectivity index (χ1v) is 14.4. The molecule has 3 rings (SSSR count). The molecule has 0 spiro atoms. The smallest absolute Gasteiger partial charge is 0.312 e. The van der Waals surface area contributed by atoms with Gasteiger partial charge in [0.05, 0.1) is 19.3 Å². The summed E-state index contributed by atoms with van der Waals surface area (Å²) in [5.41, 5.74) is 0.511. The Labute approximate surface area is 210 Å². The Morgan fingerprint density at radius 3 is 1.77 bits per heavy atom. The van der Waals surface area contributed by atoms with E-state index in [2.05, 4.69) is 13.8 Å². The third-order valence-corrected chi connectivity index (χ3v) is 10.8. The molecular weight excluding hydrogens is 455 g/mol. The number of rotatable bonds is 12.